The minimum atomic E-state index is -0.749. The van der Waals surface area contributed by atoms with Gasteiger partial charge < -0.3 is 25.2 Å². The highest BCUT2D eigenvalue weighted by Crippen LogP contribution is 2.31. The summed E-state index contributed by atoms with van der Waals surface area (Å²) in [5.74, 6) is 1.15. The number of nitrogens with zero attached hydrogens (tertiary/aromatic N) is 3. The molecular weight excluding hydrogens is 336 g/mol. The molecule has 1 aromatic heterocycles. The molecule has 0 unspecified atom stereocenters. The maximum Gasteiger partial charge on any atom is 0.306 e. The molecule has 1 saturated heterocycles. The summed E-state index contributed by atoms with van der Waals surface area (Å²) < 4.78 is 10.6. The normalized spacial score (nSPS) is 14.9. The molecule has 2 heterocycles. The monoisotopic (exact) mass is 358 g/mol. The van der Waals surface area contributed by atoms with Crippen LogP contribution in [0.2, 0.25) is 0 Å². The molecule has 1 aliphatic heterocycles. The standard InChI is InChI=1S/C18H22N4O4/c1-25-13-7-12(8-14(9-13)26-2)15-10-20-16(19)17(21-15)22-5-3-11(4-6-22)18(23)24/h7-11H,3-6H2,1-2H3,(H2,19,20)(H,23,24). The Hall–Kier alpha value is -3.03. The lowest BCUT2D eigenvalue weighted by Crippen LogP contribution is -2.37. The van der Waals surface area contributed by atoms with Gasteiger partial charge in [-0.3, -0.25) is 4.79 Å². The van der Waals surface area contributed by atoms with Crippen molar-refractivity contribution in [1.82, 2.24) is 9.97 Å². The van der Waals surface area contributed by atoms with E-state index in [0.29, 0.717) is 54.8 Å². The first-order valence-electron chi connectivity index (χ1n) is 8.35. The van der Waals surface area contributed by atoms with Crippen LogP contribution < -0.4 is 20.1 Å². The molecule has 8 nitrogen and oxygen atoms in total. The second kappa shape index (κ2) is 7.47. The van der Waals surface area contributed by atoms with E-state index in [2.05, 4.69) is 9.97 Å². The highest BCUT2D eigenvalue weighted by molar-refractivity contribution is 5.71. The van der Waals surface area contributed by atoms with Crippen LogP contribution in [0.4, 0.5) is 11.6 Å². The largest absolute Gasteiger partial charge is 0.497 e. The topological polar surface area (TPSA) is 111 Å². The molecule has 1 aromatic carbocycles. The van der Waals surface area contributed by atoms with E-state index in [9.17, 15) is 4.79 Å². The number of piperidine rings is 1. The van der Waals surface area contributed by atoms with Crippen molar-refractivity contribution in [1.29, 1.82) is 0 Å². The van der Waals surface area contributed by atoms with Crippen molar-refractivity contribution >= 4 is 17.6 Å². The maximum absolute atomic E-state index is 11.1. The van der Waals surface area contributed by atoms with Crippen LogP contribution in [0.1, 0.15) is 12.8 Å². The Bertz CT molecular complexity index is 782. The Balaban J connectivity index is 1.90. The summed E-state index contributed by atoms with van der Waals surface area (Å²) in [5, 5.41) is 9.15. The van der Waals surface area contributed by atoms with Gasteiger partial charge in [-0.1, -0.05) is 0 Å². The Morgan fingerprint density at radius 2 is 1.81 bits per heavy atom. The van der Waals surface area contributed by atoms with E-state index in [1.807, 2.05) is 17.0 Å². The third-order valence-electron chi connectivity index (χ3n) is 4.57. The summed E-state index contributed by atoms with van der Waals surface area (Å²) in [6.45, 7) is 1.17. The summed E-state index contributed by atoms with van der Waals surface area (Å²) in [5.41, 5.74) is 7.47. The average Bonchev–Trinajstić information content (AvgIpc) is 2.68. The third-order valence-corrected chi connectivity index (χ3v) is 4.57. The first kappa shape index (κ1) is 17.8. The predicted octanol–water partition coefficient (Wildman–Crippen LogP) is 2.04. The second-order valence-corrected chi connectivity index (χ2v) is 6.16. The number of nitrogens with two attached hydrogens (primary N) is 1. The van der Waals surface area contributed by atoms with Crippen LogP contribution >= 0.6 is 0 Å². The molecule has 0 atom stereocenters. The highest BCUT2D eigenvalue weighted by atomic mass is 16.5. The van der Waals surface area contributed by atoms with Gasteiger partial charge in [0.05, 0.1) is 32.0 Å². The lowest BCUT2D eigenvalue weighted by atomic mass is 9.97. The molecule has 3 rings (SSSR count). The van der Waals surface area contributed by atoms with Crippen LogP contribution in [0.5, 0.6) is 11.5 Å². The number of ether oxygens (including phenoxy) is 2. The number of benzene rings is 1. The number of carboxylic acid groups (broad SMARTS) is 1. The van der Waals surface area contributed by atoms with E-state index in [1.54, 1.807) is 26.5 Å². The Labute approximate surface area is 151 Å². The van der Waals surface area contributed by atoms with Gasteiger partial charge in [0.2, 0.25) is 0 Å². The smallest absolute Gasteiger partial charge is 0.306 e. The minimum absolute atomic E-state index is 0.314. The highest BCUT2D eigenvalue weighted by Gasteiger charge is 2.26. The van der Waals surface area contributed by atoms with Gasteiger partial charge in [-0.25, -0.2) is 9.97 Å². The number of aromatic nitrogens is 2. The van der Waals surface area contributed by atoms with Gasteiger partial charge >= 0.3 is 5.97 Å². The fourth-order valence-electron chi connectivity index (χ4n) is 3.05. The first-order chi connectivity index (χ1) is 12.5. The minimum Gasteiger partial charge on any atom is -0.497 e. The summed E-state index contributed by atoms with van der Waals surface area (Å²) in [6, 6.07) is 5.48. The molecule has 0 spiro atoms. The molecule has 0 radical (unpaired) electrons. The number of carbonyl (C=O) groups is 1. The van der Waals surface area contributed by atoms with Crippen LogP contribution in [0.15, 0.2) is 24.4 Å². The second-order valence-electron chi connectivity index (χ2n) is 6.16. The number of rotatable bonds is 5. The fourth-order valence-corrected chi connectivity index (χ4v) is 3.05. The SMILES string of the molecule is COc1cc(OC)cc(-c2cnc(N)c(N3CCC(C(=O)O)CC3)n2)c1. The molecule has 0 aliphatic carbocycles. The molecule has 3 N–H and O–H groups in total. The number of nitrogen functional groups attached to an aromatic ring is 1. The summed E-state index contributed by atoms with van der Waals surface area (Å²) in [6.07, 6.45) is 2.73. The van der Waals surface area contributed by atoms with Gasteiger partial charge in [0, 0.05) is 24.7 Å². The number of hydrogen-bond donors (Lipinski definition) is 2. The van der Waals surface area contributed by atoms with Crippen molar-refractivity contribution in [2.45, 2.75) is 12.8 Å². The number of anilines is 2. The van der Waals surface area contributed by atoms with Crippen LogP contribution in [0.3, 0.4) is 0 Å². The molecular formula is C18H22N4O4. The molecule has 0 saturated carbocycles. The van der Waals surface area contributed by atoms with E-state index < -0.39 is 5.97 Å². The number of aliphatic carboxylic acids is 1. The number of carboxylic acids is 1. The predicted molar refractivity (Wildman–Crippen MR) is 97.6 cm³/mol. The molecule has 0 bridgehead atoms. The Kier molecular flexibility index (Phi) is 5.11. The van der Waals surface area contributed by atoms with Crippen molar-refractivity contribution in [2.75, 3.05) is 37.9 Å². The Morgan fingerprint density at radius 1 is 1.19 bits per heavy atom. The zero-order valence-corrected chi connectivity index (χ0v) is 14.8. The third kappa shape index (κ3) is 3.63. The fraction of sp³-hybridized carbons (Fsp3) is 0.389. The molecule has 2 aromatic rings. The van der Waals surface area contributed by atoms with Gasteiger partial charge in [0.1, 0.15) is 11.5 Å². The first-order valence-corrected chi connectivity index (χ1v) is 8.35. The van der Waals surface area contributed by atoms with Gasteiger partial charge in [-0.15, -0.1) is 0 Å². The van der Waals surface area contributed by atoms with E-state index in [1.165, 1.54) is 0 Å². The maximum atomic E-state index is 11.1. The molecule has 8 heteroatoms. The van der Waals surface area contributed by atoms with Crippen molar-refractivity contribution in [3.63, 3.8) is 0 Å². The van der Waals surface area contributed by atoms with Crippen molar-refractivity contribution < 1.29 is 19.4 Å². The molecule has 138 valence electrons. The van der Waals surface area contributed by atoms with E-state index in [4.69, 9.17) is 20.3 Å². The molecule has 26 heavy (non-hydrogen) atoms. The van der Waals surface area contributed by atoms with Crippen molar-refractivity contribution in [3.05, 3.63) is 24.4 Å². The van der Waals surface area contributed by atoms with Crippen LogP contribution in [0, 0.1) is 5.92 Å². The van der Waals surface area contributed by atoms with E-state index >= 15 is 0 Å². The van der Waals surface area contributed by atoms with Gasteiger partial charge in [0.25, 0.3) is 0 Å². The van der Waals surface area contributed by atoms with Gasteiger partial charge in [-0.2, -0.15) is 0 Å². The molecule has 1 fully saturated rings. The lowest BCUT2D eigenvalue weighted by Gasteiger charge is -2.31. The summed E-state index contributed by atoms with van der Waals surface area (Å²) >= 11 is 0. The van der Waals surface area contributed by atoms with Crippen LogP contribution in [-0.2, 0) is 4.79 Å². The van der Waals surface area contributed by atoms with E-state index in [-0.39, 0.29) is 5.92 Å². The van der Waals surface area contributed by atoms with Crippen LogP contribution in [0.25, 0.3) is 11.3 Å². The zero-order valence-electron chi connectivity index (χ0n) is 14.8. The van der Waals surface area contributed by atoms with Gasteiger partial charge in [0.15, 0.2) is 11.6 Å². The lowest BCUT2D eigenvalue weighted by molar-refractivity contribution is -0.142. The summed E-state index contributed by atoms with van der Waals surface area (Å²) in [7, 11) is 3.18. The van der Waals surface area contributed by atoms with Crippen molar-refractivity contribution in [2.24, 2.45) is 5.92 Å². The Morgan fingerprint density at radius 3 is 2.35 bits per heavy atom. The van der Waals surface area contributed by atoms with Crippen LogP contribution in [-0.4, -0.2) is 48.4 Å². The van der Waals surface area contributed by atoms with Crippen molar-refractivity contribution in [3.8, 4) is 22.8 Å². The van der Waals surface area contributed by atoms with E-state index in [0.717, 1.165) is 5.56 Å². The molecule has 0 amide bonds. The summed E-state index contributed by atoms with van der Waals surface area (Å²) in [4.78, 5) is 22.1. The number of hydrogen-bond acceptors (Lipinski definition) is 7. The zero-order chi connectivity index (χ0) is 18.7. The quantitative estimate of drug-likeness (QED) is 0.835. The van der Waals surface area contributed by atoms with Gasteiger partial charge in [-0.05, 0) is 25.0 Å². The average molecular weight is 358 g/mol. The number of methoxy groups -OCH3 is 2. The molecule has 1 aliphatic rings.